The van der Waals surface area contributed by atoms with E-state index >= 15 is 0 Å². The second-order valence-corrected chi connectivity index (χ2v) is 22.2. The molecule has 1 aliphatic carbocycles. The van der Waals surface area contributed by atoms with Crippen molar-refractivity contribution in [2.24, 2.45) is 11.8 Å². The third-order valence-electron chi connectivity index (χ3n) is 14.4. The lowest BCUT2D eigenvalue weighted by Crippen LogP contribution is -2.53. The summed E-state index contributed by atoms with van der Waals surface area (Å²) in [5.41, 5.74) is 1.81. The molecule has 9 heterocycles. The minimum atomic E-state index is -4.75. The number of ether oxygens (including phenoxy) is 1. The zero-order chi connectivity index (χ0) is 60.0. The monoisotopic (exact) mass is 1160 g/mol. The van der Waals surface area contributed by atoms with Gasteiger partial charge in [-0.25, -0.2) is 34.7 Å². The number of hydrogen-bond acceptors (Lipinski definition) is 16. The number of aromatic amines is 2. The van der Waals surface area contributed by atoms with Crippen LogP contribution in [0.3, 0.4) is 0 Å². The van der Waals surface area contributed by atoms with Gasteiger partial charge in [-0.2, -0.15) is 26.3 Å². The number of pyridine rings is 2. The maximum absolute atomic E-state index is 14.2. The Morgan fingerprint density at radius 2 is 1.10 bits per heavy atom. The number of alkyl halides is 6. The van der Waals surface area contributed by atoms with E-state index < -0.39 is 47.1 Å². The molecule has 2 aliphatic rings. The molecule has 0 aromatic carbocycles. The number of H-pyrrole nitrogens is 2. The quantitative estimate of drug-likeness (QED) is 0.0929. The van der Waals surface area contributed by atoms with Crippen LogP contribution in [0.1, 0.15) is 86.9 Å². The highest BCUT2D eigenvalue weighted by Gasteiger charge is 2.40. The number of fused-ring (bicyclic) bond motifs is 2. The zero-order valence-electron chi connectivity index (χ0n) is 47.5. The Balaban J connectivity index is 0.000000202. The Labute approximate surface area is 472 Å². The molecule has 0 radical (unpaired) electrons. The molecule has 8 aromatic rings. The lowest BCUT2D eigenvalue weighted by atomic mass is 9.85. The van der Waals surface area contributed by atoms with Crippen LogP contribution in [0.5, 0.6) is 0 Å². The first-order valence-electron chi connectivity index (χ1n) is 26.7. The van der Waals surface area contributed by atoms with Gasteiger partial charge in [0, 0.05) is 106 Å². The molecule has 1 aliphatic heterocycles. The highest BCUT2D eigenvalue weighted by Crippen LogP contribution is 2.42. The first kappa shape index (κ1) is 59.0. The van der Waals surface area contributed by atoms with E-state index in [9.17, 15) is 40.7 Å². The zero-order valence-corrected chi connectivity index (χ0v) is 47.5. The molecule has 4 N–H and O–H groups in total. The van der Waals surface area contributed by atoms with Crippen LogP contribution in [0.2, 0.25) is 0 Å². The van der Waals surface area contributed by atoms with Crippen molar-refractivity contribution in [1.29, 1.82) is 0 Å². The molecule has 0 bridgehead atoms. The summed E-state index contributed by atoms with van der Waals surface area (Å²) in [5.74, 6) is 0.323. The van der Waals surface area contributed by atoms with Crippen LogP contribution in [-0.2, 0) is 26.7 Å². The Morgan fingerprint density at radius 1 is 0.639 bits per heavy atom. The van der Waals surface area contributed by atoms with Crippen molar-refractivity contribution < 1.29 is 54.5 Å². The van der Waals surface area contributed by atoms with Gasteiger partial charge in [-0.05, 0) is 98.4 Å². The molecular weight excluding hydrogens is 1090 g/mol. The van der Waals surface area contributed by atoms with Gasteiger partial charge in [0.25, 0.3) is 0 Å². The molecule has 440 valence electrons. The topological polar surface area (TPSA) is 255 Å². The first-order chi connectivity index (χ1) is 39.0. The summed E-state index contributed by atoms with van der Waals surface area (Å²) >= 11 is 0. The largest absolute Gasteiger partial charge is 0.444 e. The lowest BCUT2D eigenvalue weighted by molar-refractivity contribution is -0.138. The average molecular weight is 1160 g/mol. The molecular formula is C56H63F6N15O6. The van der Waals surface area contributed by atoms with Crippen LogP contribution in [0.4, 0.5) is 43.0 Å². The standard InChI is InChI=1S/C30H35F3N8O4.C26H28F3N7O2/c1-15-23(16(2)45-39-15)22-9-8-19-20(11-34-25(19)37-22)24-21(30(31,32)33)12-35-27(38-24)36-18-10-17(26(42)40(6)7)13-41(14-18)28(43)44-29(3,4)5;1-13-21(14(2)38-35-13)20-9-8-17-18(11-30-23(17)33-20)22-19(26(27,28)29)12-31-25(34-22)32-16-7-5-6-15(10-16)24(37)36(3)4/h8-9,11-12,17-18H,10,13-14H2,1-7H3,(H,34,37)(H,35,36,38);8-9,11-12,15-16H,5-7,10H2,1-4H3,(H,30,33)(H,31,32,34)/t17-,18+;15-,16+/m10/s1. The van der Waals surface area contributed by atoms with E-state index in [0.29, 0.717) is 74.8 Å². The van der Waals surface area contributed by atoms with E-state index in [1.165, 1.54) is 22.2 Å². The van der Waals surface area contributed by atoms with Gasteiger partial charge in [-0.15, -0.1) is 0 Å². The van der Waals surface area contributed by atoms with Crippen molar-refractivity contribution >= 4 is 51.9 Å². The molecule has 83 heavy (non-hydrogen) atoms. The van der Waals surface area contributed by atoms with E-state index in [1.807, 2.05) is 0 Å². The number of aromatic nitrogens is 10. The fourth-order valence-corrected chi connectivity index (χ4v) is 10.6. The number of carbonyl (C=O) groups is 3. The predicted molar refractivity (Wildman–Crippen MR) is 294 cm³/mol. The van der Waals surface area contributed by atoms with Gasteiger partial charge in [-0.3, -0.25) is 9.59 Å². The van der Waals surface area contributed by atoms with Crippen LogP contribution in [0.15, 0.2) is 58.1 Å². The summed E-state index contributed by atoms with van der Waals surface area (Å²) in [7, 11) is 6.68. The highest BCUT2D eigenvalue weighted by atomic mass is 19.4. The number of carbonyl (C=O) groups excluding carboxylic acids is 3. The number of anilines is 2. The van der Waals surface area contributed by atoms with Crippen molar-refractivity contribution in [3.05, 3.63) is 83.1 Å². The van der Waals surface area contributed by atoms with Gasteiger partial charge >= 0.3 is 18.4 Å². The van der Waals surface area contributed by atoms with E-state index in [0.717, 1.165) is 37.2 Å². The number of piperidine rings is 1. The summed E-state index contributed by atoms with van der Waals surface area (Å²) in [6.45, 7) is 12.6. The van der Waals surface area contributed by atoms with E-state index in [-0.39, 0.29) is 71.3 Å². The van der Waals surface area contributed by atoms with Crippen LogP contribution in [0, 0.1) is 39.5 Å². The summed E-state index contributed by atoms with van der Waals surface area (Å²) in [6.07, 6.45) is -2.31. The van der Waals surface area contributed by atoms with Gasteiger partial charge < -0.3 is 49.1 Å². The van der Waals surface area contributed by atoms with Crippen molar-refractivity contribution in [3.8, 4) is 45.0 Å². The fourth-order valence-electron chi connectivity index (χ4n) is 10.6. The van der Waals surface area contributed by atoms with Gasteiger partial charge in [-0.1, -0.05) is 16.7 Å². The molecule has 21 nitrogen and oxygen atoms in total. The molecule has 10 rings (SSSR count). The van der Waals surface area contributed by atoms with E-state index in [4.69, 9.17) is 13.8 Å². The average Bonchev–Trinajstić information content (AvgIpc) is 2.79. The van der Waals surface area contributed by atoms with Crippen LogP contribution < -0.4 is 10.6 Å². The summed E-state index contributed by atoms with van der Waals surface area (Å²) in [6, 6.07) is 6.13. The smallest absolute Gasteiger partial charge is 0.419 e. The summed E-state index contributed by atoms with van der Waals surface area (Å²) < 4.78 is 101. The summed E-state index contributed by atoms with van der Waals surface area (Å²) in [5, 5.41) is 15.1. The van der Waals surface area contributed by atoms with E-state index in [2.05, 4.69) is 60.8 Å². The molecule has 3 amide bonds. The molecule has 1 saturated heterocycles. The second kappa shape index (κ2) is 22.9. The molecule has 0 unspecified atom stereocenters. The fraction of sp³-hybridized carbons (Fsp3) is 0.446. The molecule has 4 atom stereocenters. The number of rotatable bonds is 10. The van der Waals surface area contributed by atoms with E-state index in [1.54, 1.807) is 106 Å². The number of aryl methyl sites for hydroxylation is 4. The van der Waals surface area contributed by atoms with Crippen molar-refractivity contribution in [3.63, 3.8) is 0 Å². The Bertz CT molecular complexity index is 3670. The number of likely N-dealkylation sites (tertiary alicyclic amines) is 1. The van der Waals surface area contributed by atoms with Gasteiger partial charge in [0.05, 0.1) is 51.2 Å². The third kappa shape index (κ3) is 12.9. The minimum absolute atomic E-state index is 0.0489. The van der Waals surface area contributed by atoms with Crippen molar-refractivity contribution in [2.75, 3.05) is 51.9 Å². The Morgan fingerprint density at radius 3 is 1.53 bits per heavy atom. The van der Waals surface area contributed by atoms with Crippen molar-refractivity contribution in [1.82, 2.24) is 64.9 Å². The second-order valence-electron chi connectivity index (χ2n) is 22.2. The maximum Gasteiger partial charge on any atom is 0.419 e. The maximum atomic E-state index is 14.2. The molecule has 27 heteroatoms. The van der Waals surface area contributed by atoms with Gasteiger partial charge in [0.2, 0.25) is 23.7 Å². The third-order valence-corrected chi connectivity index (χ3v) is 14.4. The Kier molecular flexibility index (Phi) is 16.3. The summed E-state index contributed by atoms with van der Waals surface area (Å²) in [4.78, 5) is 74.5. The predicted octanol–water partition coefficient (Wildman–Crippen LogP) is 10.8. The Hall–Kier alpha value is -8.65. The van der Waals surface area contributed by atoms with Crippen molar-refractivity contribution in [2.45, 2.75) is 111 Å². The van der Waals surface area contributed by atoms with Gasteiger partial charge in [0.1, 0.15) is 39.5 Å². The molecule has 0 spiro atoms. The number of hydrogen-bond donors (Lipinski definition) is 4. The number of amides is 3. The number of nitrogens with one attached hydrogen (secondary N) is 4. The van der Waals surface area contributed by atoms with Gasteiger partial charge in [0.15, 0.2) is 0 Å². The molecule has 2 fully saturated rings. The van der Waals surface area contributed by atoms with Crippen LogP contribution in [-0.4, -0.2) is 142 Å². The van der Waals surface area contributed by atoms with Crippen LogP contribution in [0.25, 0.3) is 67.1 Å². The van der Waals surface area contributed by atoms with Crippen LogP contribution >= 0.6 is 0 Å². The number of halogens is 6. The first-order valence-corrected chi connectivity index (χ1v) is 26.7. The highest BCUT2D eigenvalue weighted by molar-refractivity contribution is 5.96. The number of nitrogens with zero attached hydrogens (tertiary/aromatic N) is 11. The molecule has 8 aromatic heterocycles. The molecule has 1 saturated carbocycles. The lowest BCUT2D eigenvalue weighted by Gasteiger charge is -2.38. The normalized spacial score (nSPS) is 17.7. The SMILES string of the molecule is Cc1noc(C)c1-c1ccc2c(-c3nc(N[C@@H]4CCC[C@H](C(=O)N(C)C)C4)ncc3C(F)(F)F)c[nH]c2n1.Cc1noc(C)c1-c1ccc2c(-c3nc(N[C@H]4C[C@@H](C(=O)N(C)C)CN(C(=O)OC(C)(C)C)C4)ncc3C(F)(F)F)c[nH]c2n1. The minimum Gasteiger partial charge on any atom is -0.444 e.